The largest absolute Gasteiger partial charge is 0.444 e. The Balaban J connectivity index is 3.96. The molecule has 1 amide bonds. The van der Waals surface area contributed by atoms with Crippen molar-refractivity contribution in [2.75, 3.05) is 7.05 Å². The third kappa shape index (κ3) is 7.18. The van der Waals surface area contributed by atoms with E-state index in [2.05, 4.69) is 10.6 Å². The number of carbonyl (C=O) groups is 1. The lowest BCUT2D eigenvalue weighted by molar-refractivity contribution is 0.0546. The maximum atomic E-state index is 11.1. The Bertz CT molecular complexity index is 204. The molecule has 0 aliphatic heterocycles. The molecule has 4 nitrogen and oxygen atoms in total. The average molecular weight is 186 g/mol. The molecule has 0 saturated heterocycles. The van der Waals surface area contributed by atoms with Crippen LogP contribution in [0, 0.1) is 0 Å². The van der Waals surface area contributed by atoms with E-state index in [4.69, 9.17) is 4.74 Å². The van der Waals surface area contributed by atoms with Crippen molar-refractivity contribution in [3.8, 4) is 0 Å². The van der Waals surface area contributed by atoms with Gasteiger partial charge in [0.1, 0.15) is 5.60 Å². The van der Waals surface area contributed by atoms with E-state index in [1.165, 1.54) is 0 Å². The quantitative estimate of drug-likeness (QED) is 0.688. The Kier molecular flexibility index (Phi) is 4.31. The van der Waals surface area contributed by atoms with Crippen molar-refractivity contribution < 1.29 is 9.53 Å². The zero-order valence-corrected chi connectivity index (χ0v) is 8.89. The van der Waals surface area contributed by atoms with Gasteiger partial charge >= 0.3 is 6.09 Å². The van der Waals surface area contributed by atoms with E-state index in [1.54, 1.807) is 20.2 Å². The zero-order chi connectivity index (χ0) is 10.5. The Morgan fingerprint density at radius 3 is 2.31 bits per heavy atom. The highest BCUT2D eigenvalue weighted by molar-refractivity contribution is 5.69. The van der Waals surface area contributed by atoms with Crippen LogP contribution in [0.1, 0.15) is 27.7 Å². The number of rotatable bonds is 2. The lowest BCUT2D eigenvalue weighted by Gasteiger charge is -2.19. The van der Waals surface area contributed by atoms with E-state index < -0.39 is 11.7 Å². The number of carbonyl (C=O) groups excluding carboxylic acids is 1. The molecule has 0 saturated carbocycles. The summed E-state index contributed by atoms with van der Waals surface area (Å²) >= 11 is 0. The fourth-order valence-corrected chi connectivity index (χ4v) is 0.717. The van der Waals surface area contributed by atoms with E-state index in [-0.39, 0.29) is 0 Å². The first-order valence-corrected chi connectivity index (χ1v) is 4.19. The molecule has 0 atom stereocenters. The number of allylic oxidation sites excluding steroid dienone is 1. The molecule has 0 bridgehead atoms. The standard InChI is InChI=1S/C9H18N2O2/c1-7(6-10-5)11-8(12)13-9(2,3)4/h6,10H,1-5H3,(H,11,12)/b7-6+. The van der Waals surface area contributed by atoms with Crippen LogP contribution >= 0.6 is 0 Å². The van der Waals surface area contributed by atoms with Gasteiger partial charge in [-0.1, -0.05) is 0 Å². The van der Waals surface area contributed by atoms with Crippen LogP contribution < -0.4 is 10.6 Å². The molecule has 0 aromatic rings. The minimum atomic E-state index is -0.454. The van der Waals surface area contributed by atoms with Crippen LogP contribution in [0.2, 0.25) is 0 Å². The van der Waals surface area contributed by atoms with E-state index in [0.29, 0.717) is 0 Å². The lowest BCUT2D eigenvalue weighted by Crippen LogP contribution is -2.31. The number of alkyl carbamates (subject to hydrolysis) is 1. The molecule has 0 unspecified atom stereocenters. The molecule has 13 heavy (non-hydrogen) atoms. The first-order valence-electron chi connectivity index (χ1n) is 4.19. The molecular weight excluding hydrogens is 168 g/mol. The lowest BCUT2D eigenvalue weighted by atomic mass is 10.2. The van der Waals surface area contributed by atoms with Crippen molar-refractivity contribution in [2.45, 2.75) is 33.3 Å². The molecule has 0 aliphatic carbocycles. The Morgan fingerprint density at radius 1 is 1.38 bits per heavy atom. The Morgan fingerprint density at radius 2 is 1.92 bits per heavy atom. The minimum Gasteiger partial charge on any atom is -0.444 e. The van der Waals surface area contributed by atoms with Gasteiger partial charge in [0.2, 0.25) is 0 Å². The monoisotopic (exact) mass is 186 g/mol. The molecule has 0 rings (SSSR count). The molecule has 0 aromatic carbocycles. The summed E-state index contributed by atoms with van der Waals surface area (Å²) in [6.07, 6.45) is 1.25. The Hall–Kier alpha value is -1.19. The predicted molar refractivity (Wildman–Crippen MR) is 52.2 cm³/mol. The zero-order valence-electron chi connectivity index (χ0n) is 8.89. The summed E-state index contributed by atoms with van der Waals surface area (Å²) in [6, 6.07) is 0. The number of nitrogens with one attached hydrogen (secondary N) is 2. The first kappa shape index (κ1) is 11.8. The topological polar surface area (TPSA) is 50.4 Å². The molecule has 0 fully saturated rings. The van der Waals surface area contributed by atoms with Gasteiger partial charge in [-0.2, -0.15) is 0 Å². The molecular formula is C9H18N2O2. The number of hydrogen-bond donors (Lipinski definition) is 2. The summed E-state index contributed by atoms with van der Waals surface area (Å²) < 4.78 is 5.04. The number of amides is 1. The van der Waals surface area contributed by atoms with Crippen LogP contribution in [0.15, 0.2) is 11.9 Å². The van der Waals surface area contributed by atoms with E-state index in [1.807, 2.05) is 20.8 Å². The van der Waals surface area contributed by atoms with Crippen LogP contribution in [0.4, 0.5) is 4.79 Å². The highest BCUT2D eigenvalue weighted by Gasteiger charge is 2.15. The summed E-state index contributed by atoms with van der Waals surface area (Å²) in [7, 11) is 1.76. The molecule has 76 valence electrons. The minimum absolute atomic E-state index is 0.434. The summed E-state index contributed by atoms with van der Waals surface area (Å²) in [5, 5.41) is 5.38. The van der Waals surface area contributed by atoms with Gasteiger partial charge in [-0.3, -0.25) is 5.32 Å². The van der Waals surface area contributed by atoms with Crippen LogP contribution in [0.25, 0.3) is 0 Å². The smallest absolute Gasteiger partial charge is 0.411 e. The molecule has 2 N–H and O–H groups in total. The molecule has 0 aliphatic rings. The predicted octanol–water partition coefficient (Wildman–Crippen LogP) is 1.59. The summed E-state index contributed by atoms with van der Waals surface area (Å²) in [5.41, 5.74) is 0.265. The maximum Gasteiger partial charge on any atom is 0.411 e. The second-order valence-electron chi connectivity index (χ2n) is 3.74. The second kappa shape index (κ2) is 4.74. The number of ether oxygens (including phenoxy) is 1. The van der Waals surface area contributed by atoms with Gasteiger partial charge in [0.25, 0.3) is 0 Å². The molecule has 0 radical (unpaired) electrons. The summed E-state index contributed by atoms with van der Waals surface area (Å²) in [4.78, 5) is 11.1. The highest BCUT2D eigenvalue weighted by atomic mass is 16.6. The fourth-order valence-electron chi connectivity index (χ4n) is 0.717. The normalized spacial score (nSPS) is 12.2. The SMILES string of the molecule is CN/C=C(\C)NC(=O)OC(C)(C)C. The average Bonchev–Trinajstić information content (AvgIpc) is 1.81. The maximum absolute atomic E-state index is 11.1. The van der Waals surface area contributed by atoms with Gasteiger partial charge in [0, 0.05) is 18.9 Å². The van der Waals surface area contributed by atoms with E-state index in [9.17, 15) is 4.79 Å². The highest BCUT2D eigenvalue weighted by Crippen LogP contribution is 2.06. The number of hydrogen-bond acceptors (Lipinski definition) is 3. The van der Waals surface area contributed by atoms with Crippen molar-refractivity contribution in [1.82, 2.24) is 10.6 Å². The Labute approximate surface area is 79.3 Å². The van der Waals surface area contributed by atoms with Crippen LogP contribution in [0.3, 0.4) is 0 Å². The molecule has 0 heterocycles. The van der Waals surface area contributed by atoms with Crippen molar-refractivity contribution in [2.24, 2.45) is 0 Å². The van der Waals surface area contributed by atoms with E-state index in [0.717, 1.165) is 5.70 Å². The van der Waals surface area contributed by atoms with Crippen molar-refractivity contribution in [3.63, 3.8) is 0 Å². The van der Waals surface area contributed by atoms with Gasteiger partial charge in [0.05, 0.1) is 0 Å². The molecule has 0 spiro atoms. The van der Waals surface area contributed by atoms with Gasteiger partial charge in [-0.05, 0) is 27.7 Å². The van der Waals surface area contributed by atoms with Gasteiger partial charge in [-0.25, -0.2) is 4.79 Å². The summed E-state index contributed by atoms with van der Waals surface area (Å²) in [5.74, 6) is 0. The first-order chi connectivity index (χ1) is 5.85. The molecule has 4 heteroatoms. The second-order valence-corrected chi connectivity index (χ2v) is 3.74. The van der Waals surface area contributed by atoms with Crippen molar-refractivity contribution >= 4 is 6.09 Å². The molecule has 0 aromatic heterocycles. The van der Waals surface area contributed by atoms with Crippen LogP contribution in [-0.2, 0) is 4.74 Å². The fraction of sp³-hybridized carbons (Fsp3) is 0.667. The van der Waals surface area contributed by atoms with Gasteiger partial charge < -0.3 is 10.1 Å². The third-order valence-corrected chi connectivity index (χ3v) is 1.06. The van der Waals surface area contributed by atoms with E-state index >= 15 is 0 Å². The van der Waals surface area contributed by atoms with Crippen LogP contribution in [-0.4, -0.2) is 18.7 Å². The van der Waals surface area contributed by atoms with Gasteiger partial charge in [-0.15, -0.1) is 0 Å². The van der Waals surface area contributed by atoms with Crippen molar-refractivity contribution in [3.05, 3.63) is 11.9 Å². The van der Waals surface area contributed by atoms with Gasteiger partial charge in [0.15, 0.2) is 0 Å². The van der Waals surface area contributed by atoms with Crippen molar-refractivity contribution in [1.29, 1.82) is 0 Å². The van der Waals surface area contributed by atoms with Crippen LogP contribution in [0.5, 0.6) is 0 Å². The summed E-state index contributed by atoms with van der Waals surface area (Å²) in [6.45, 7) is 7.25. The third-order valence-electron chi connectivity index (χ3n) is 1.06.